The highest BCUT2D eigenvalue weighted by Crippen LogP contribution is 2.27. The van der Waals surface area contributed by atoms with E-state index in [2.05, 4.69) is 15.5 Å². The third-order valence-electron chi connectivity index (χ3n) is 3.31. The van der Waals surface area contributed by atoms with Gasteiger partial charge >= 0.3 is 0 Å². The Morgan fingerprint density at radius 1 is 1.13 bits per heavy atom. The second-order valence-corrected chi connectivity index (χ2v) is 5.77. The Bertz CT molecular complexity index is 764. The van der Waals surface area contributed by atoms with Gasteiger partial charge in [-0.1, -0.05) is 54.2 Å². The van der Waals surface area contributed by atoms with Crippen LogP contribution in [0.3, 0.4) is 0 Å². The smallest absolute Gasteiger partial charge is 0.214 e. The van der Waals surface area contributed by atoms with Crippen molar-refractivity contribution in [1.82, 2.24) is 20.2 Å². The summed E-state index contributed by atoms with van der Waals surface area (Å²) in [5.74, 6) is 1.14. The van der Waals surface area contributed by atoms with Gasteiger partial charge in [-0.25, -0.2) is 0 Å². The zero-order valence-electron chi connectivity index (χ0n) is 12.5. The van der Waals surface area contributed by atoms with E-state index >= 15 is 0 Å². The van der Waals surface area contributed by atoms with Gasteiger partial charge in [0, 0.05) is 5.75 Å². The molecule has 3 rings (SSSR count). The molecule has 0 spiro atoms. The number of aromatic nitrogens is 4. The van der Waals surface area contributed by atoms with Gasteiger partial charge in [-0.15, -0.1) is 5.10 Å². The van der Waals surface area contributed by atoms with Crippen LogP contribution in [0.15, 0.2) is 59.8 Å². The fraction of sp³-hybridized carbons (Fsp3) is 0.188. The highest BCUT2D eigenvalue weighted by molar-refractivity contribution is 7.99. The van der Waals surface area contributed by atoms with Crippen LogP contribution in [-0.4, -0.2) is 38.2 Å². The SMILES string of the molecule is COc1ccccc1-n1nnnc1SC[C@@H](O)c1ccccc1. The van der Waals surface area contributed by atoms with Crippen LogP contribution in [0.1, 0.15) is 11.7 Å². The van der Waals surface area contributed by atoms with E-state index in [-0.39, 0.29) is 0 Å². The molecule has 1 aromatic heterocycles. The number of aliphatic hydroxyl groups is 1. The zero-order valence-corrected chi connectivity index (χ0v) is 13.3. The molecule has 3 aromatic rings. The number of para-hydroxylation sites is 2. The van der Waals surface area contributed by atoms with Gasteiger partial charge < -0.3 is 9.84 Å². The Kier molecular flexibility index (Phi) is 4.89. The van der Waals surface area contributed by atoms with Crippen LogP contribution >= 0.6 is 11.8 Å². The minimum atomic E-state index is -0.580. The van der Waals surface area contributed by atoms with Crippen LogP contribution < -0.4 is 4.74 Å². The van der Waals surface area contributed by atoms with Crippen LogP contribution in [0.25, 0.3) is 5.69 Å². The van der Waals surface area contributed by atoms with Gasteiger partial charge in [0.2, 0.25) is 5.16 Å². The molecule has 2 aromatic carbocycles. The molecule has 0 unspecified atom stereocenters. The summed E-state index contributed by atoms with van der Waals surface area (Å²) >= 11 is 1.39. The van der Waals surface area contributed by atoms with Crippen molar-refractivity contribution in [3.8, 4) is 11.4 Å². The number of rotatable bonds is 6. The maximum atomic E-state index is 10.3. The van der Waals surface area contributed by atoms with E-state index in [0.29, 0.717) is 16.7 Å². The van der Waals surface area contributed by atoms with Crippen molar-refractivity contribution in [1.29, 1.82) is 0 Å². The highest BCUT2D eigenvalue weighted by atomic mass is 32.2. The standard InChI is InChI=1S/C16H16N4O2S/c1-22-15-10-6-5-9-13(15)20-16(17-18-19-20)23-11-14(21)12-7-3-2-4-8-12/h2-10,14,21H,11H2,1H3/t14-/m1/s1. The van der Waals surface area contributed by atoms with Crippen molar-refractivity contribution in [2.75, 3.05) is 12.9 Å². The van der Waals surface area contributed by atoms with Crippen molar-refractivity contribution in [2.24, 2.45) is 0 Å². The van der Waals surface area contributed by atoms with Gasteiger partial charge in [0.25, 0.3) is 0 Å². The molecule has 6 nitrogen and oxygen atoms in total. The lowest BCUT2D eigenvalue weighted by molar-refractivity contribution is 0.204. The summed E-state index contributed by atoms with van der Waals surface area (Å²) in [6, 6.07) is 17.0. The third-order valence-corrected chi connectivity index (χ3v) is 4.30. The summed E-state index contributed by atoms with van der Waals surface area (Å²) in [5.41, 5.74) is 1.63. The van der Waals surface area contributed by atoms with E-state index in [4.69, 9.17) is 4.74 Å². The van der Waals surface area contributed by atoms with E-state index in [9.17, 15) is 5.11 Å². The summed E-state index contributed by atoms with van der Waals surface area (Å²) in [4.78, 5) is 0. The number of benzene rings is 2. The Morgan fingerprint density at radius 3 is 2.65 bits per heavy atom. The Hall–Kier alpha value is -2.38. The number of thioether (sulfide) groups is 1. The maximum absolute atomic E-state index is 10.3. The molecular formula is C16H16N4O2S. The third kappa shape index (κ3) is 3.52. The minimum absolute atomic E-state index is 0.458. The van der Waals surface area contributed by atoms with Gasteiger partial charge in [-0.05, 0) is 28.1 Å². The lowest BCUT2D eigenvalue weighted by Crippen LogP contribution is -2.04. The Labute approximate surface area is 138 Å². The fourth-order valence-corrected chi connectivity index (χ4v) is 3.00. The summed E-state index contributed by atoms with van der Waals surface area (Å²) in [6.07, 6.45) is -0.580. The second-order valence-electron chi connectivity index (χ2n) is 4.78. The van der Waals surface area contributed by atoms with Crippen LogP contribution in [-0.2, 0) is 0 Å². The number of tetrazole rings is 1. The van der Waals surface area contributed by atoms with E-state index in [0.717, 1.165) is 11.3 Å². The molecule has 0 fully saturated rings. The average Bonchev–Trinajstić information content (AvgIpc) is 3.08. The number of hydrogen-bond donors (Lipinski definition) is 1. The predicted octanol–water partition coefficient (Wildman–Crippen LogP) is 2.50. The van der Waals surface area contributed by atoms with E-state index in [1.165, 1.54) is 11.8 Å². The lowest BCUT2D eigenvalue weighted by Gasteiger charge is -2.11. The molecule has 118 valence electrons. The van der Waals surface area contributed by atoms with Crippen LogP contribution in [0.2, 0.25) is 0 Å². The number of methoxy groups -OCH3 is 1. The molecular weight excluding hydrogens is 312 g/mol. The molecule has 0 aliphatic carbocycles. The van der Waals surface area contributed by atoms with E-state index < -0.39 is 6.10 Å². The van der Waals surface area contributed by atoms with Crippen molar-refractivity contribution in [2.45, 2.75) is 11.3 Å². The van der Waals surface area contributed by atoms with Gasteiger partial charge in [0.15, 0.2) is 0 Å². The first-order valence-corrected chi connectivity index (χ1v) is 8.05. The molecule has 1 heterocycles. The predicted molar refractivity (Wildman–Crippen MR) is 87.8 cm³/mol. The van der Waals surface area contributed by atoms with Crippen molar-refractivity contribution < 1.29 is 9.84 Å². The maximum Gasteiger partial charge on any atom is 0.214 e. The Morgan fingerprint density at radius 2 is 1.87 bits per heavy atom. The normalized spacial score (nSPS) is 12.1. The van der Waals surface area contributed by atoms with Crippen molar-refractivity contribution >= 4 is 11.8 Å². The van der Waals surface area contributed by atoms with Gasteiger partial charge in [-0.3, -0.25) is 0 Å². The van der Waals surface area contributed by atoms with Crippen molar-refractivity contribution in [3.05, 3.63) is 60.2 Å². The molecule has 1 atom stereocenters. The van der Waals surface area contributed by atoms with Crippen LogP contribution in [0, 0.1) is 0 Å². The minimum Gasteiger partial charge on any atom is -0.494 e. The molecule has 0 bridgehead atoms. The van der Waals surface area contributed by atoms with E-state index in [1.807, 2.05) is 54.6 Å². The summed E-state index contributed by atoms with van der Waals surface area (Å²) in [7, 11) is 1.61. The molecule has 0 aliphatic rings. The first-order valence-electron chi connectivity index (χ1n) is 7.07. The van der Waals surface area contributed by atoms with Crippen LogP contribution in [0.4, 0.5) is 0 Å². The van der Waals surface area contributed by atoms with Crippen molar-refractivity contribution in [3.63, 3.8) is 0 Å². The first kappa shape index (κ1) is 15.5. The number of ether oxygens (including phenoxy) is 1. The largest absolute Gasteiger partial charge is 0.494 e. The Balaban J connectivity index is 1.77. The second kappa shape index (κ2) is 7.26. The quantitative estimate of drug-likeness (QED) is 0.701. The lowest BCUT2D eigenvalue weighted by atomic mass is 10.1. The molecule has 7 heteroatoms. The monoisotopic (exact) mass is 328 g/mol. The number of aliphatic hydroxyl groups excluding tert-OH is 1. The summed E-state index contributed by atoms with van der Waals surface area (Å²) in [5, 5.41) is 22.6. The molecule has 0 amide bonds. The van der Waals surface area contributed by atoms with Crippen LogP contribution in [0.5, 0.6) is 5.75 Å². The highest BCUT2D eigenvalue weighted by Gasteiger charge is 2.15. The zero-order chi connectivity index (χ0) is 16.1. The molecule has 0 saturated heterocycles. The van der Waals surface area contributed by atoms with E-state index in [1.54, 1.807) is 11.8 Å². The number of nitrogens with zero attached hydrogens (tertiary/aromatic N) is 4. The molecule has 0 saturated carbocycles. The molecule has 1 N–H and O–H groups in total. The molecule has 0 aliphatic heterocycles. The first-order chi connectivity index (χ1) is 11.3. The van der Waals surface area contributed by atoms with Gasteiger partial charge in [0.1, 0.15) is 11.4 Å². The summed E-state index contributed by atoms with van der Waals surface area (Å²) in [6.45, 7) is 0. The topological polar surface area (TPSA) is 73.1 Å². The number of hydrogen-bond acceptors (Lipinski definition) is 6. The van der Waals surface area contributed by atoms with Gasteiger partial charge in [0.05, 0.1) is 13.2 Å². The molecule has 0 radical (unpaired) electrons. The average molecular weight is 328 g/mol. The summed E-state index contributed by atoms with van der Waals surface area (Å²) < 4.78 is 6.96. The van der Waals surface area contributed by atoms with Gasteiger partial charge in [-0.2, -0.15) is 4.68 Å². The molecule has 23 heavy (non-hydrogen) atoms. The fourth-order valence-electron chi connectivity index (χ4n) is 2.15.